The summed E-state index contributed by atoms with van der Waals surface area (Å²) >= 11 is 0. The van der Waals surface area contributed by atoms with Crippen LogP contribution in [0.2, 0.25) is 0 Å². The predicted octanol–water partition coefficient (Wildman–Crippen LogP) is 2.87. The van der Waals surface area contributed by atoms with E-state index >= 15 is 0 Å². The molecule has 0 aromatic carbocycles. The van der Waals surface area contributed by atoms with Gasteiger partial charge in [0.25, 0.3) is 0 Å². The first-order chi connectivity index (χ1) is 11.2. The van der Waals surface area contributed by atoms with E-state index in [1.54, 1.807) is 0 Å². The zero-order valence-corrected chi connectivity index (χ0v) is 16.0. The van der Waals surface area contributed by atoms with Crippen LogP contribution in [0, 0.1) is 0 Å². The smallest absolute Gasteiger partial charge is 0.190 e. The lowest BCUT2D eigenvalue weighted by atomic mass is 10.1. The van der Waals surface area contributed by atoms with Gasteiger partial charge in [-0.3, -0.25) is 4.99 Å². The number of unbranched alkanes of at least 4 members (excludes halogenated alkanes) is 5. The van der Waals surface area contributed by atoms with E-state index in [1.807, 2.05) is 7.05 Å². The van der Waals surface area contributed by atoms with Gasteiger partial charge in [0, 0.05) is 33.4 Å². The highest BCUT2D eigenvalue weighted by molar-refractivity contribution is 5.79. The number of hydrogen-bond donors (Lipinski definition) is 2. The van der Waals surface area contributed by atoms with Gasteiger partial charge >= 0.3 is 0 Å². The maximum atomic E-state index is 5.55. The first kappa shape index (κ1) is 22.2. The molecule has 0 aromatic heterocycles. The van der Waals surface area contributed by atoms with Gasteiger partial charge in [-0.15, -0.1) is 0 Å². The van der Waals surface area contributed by atoms with E-state index in [0.717, 1.165) is 45.1 Å². The van der Waals surface area contributed by atoms with Crippen LogP contribution in [-0.2, 0) is 4.74 Å². The fourth-order valence-corrected chi connectivity index (χ4v) is 2.24. The minimum atomic E-state index is 0.830. The van der Waals surface area contributed by atoms with Crippen LogP contribution in [0.1, 0.15) is 58.3 Å². The monoisotopic (exact) mass is 328 g/mol. The van der Waals surface area contributed by atoms with Crippen molar-refractivity contribution in [3.63, 3.8) is 0 Å². The van der Waals surface area contributed by atoms with Gasteiger partial charge in [0.05, 0.1) is 0 Å². The molecule has 0 aromatic rings. The minimum Gasteiger partial charge on any atom is -0.381 e. The van der Waals surface area contributed by atoms with Crippen LogP contribution in [-0.4, -0.2) is 64.9 Å². The highest BCUT2D eigenvalue weighted by Gasteiger charge is 1.97. The second-order valence-corrected chi connectivity index (χ2v) is 6.32. The summed E-state index contributed by atoms with van der Waals surface area (Å²) in [6.07, 6.45) is 9.86. The molecule has 0 heterocycles. The van der Waals surface area contributed by atoms with Crippen molar-refractivity contribution in [2.45, 2.75) is 58.3 Å². The van der Waals surface area contributed by atoms with Gasteiger partial charge < -0.3 is 20.3 Å². The van der Waals surface area contributed by atoms with E-state index in [9.17, 15) is 0 Å². The molecule has 0 fully saturated rings. The first-order valence-electron chi connectivity index (χ1n) is 9.37. The summed E-state index contributed by atoms with van der Waals surface area (Å²) in [7, 11) is 6.11. The van der Waals surface area contributed by atoms with Gasteiger partial charge in [0.15, 0.2) is 5.96 Å². The topological polar surface area (TPSA) is 48.9 Å². The van der Waals surface area contributed by atoms with Gasteiger partial charge in [-0.25, -0.2) is 0 Å². The third kappa shape index (κ3) is 17.4. The lowest BCUT2D eigenvalue weighted by Gasteiger charge is -2.12. The van der Waals surface area contributed by atoms with Crippen molar-refractivity contribution in [2.75, 3.05) is 54.0 Å². The van der Waals surface area contributed by atoms with E-state index in [1.165, 1.54) is 45.1 Å². The summed E-state index contributed by atoms with van der Waals surface area (Å²) in [5, 5.41) is 6.72. The summed E-state index contributed by atoms with van der Waals surface area (Å²) in [4.78, 5) is 6.51. The number of ether oxygens (including phenoxy) is 1. The Bertz CT molecular complexity index is 270. The lowest BCUT2D eigenvalue weighted by Crippen LogP contribution is -2.38. The number of nitrogens with zero attached hydrogens (tertiary/aromatic N) is 2. The molecule has 0 aliphatic rings. The summed E-state index contributed by atoms with van der Waals surface area (Å²) in [6, 6.07) is 0. The molecule has 0 amide bonds. The number of nitrogens with one attached hydrogen (secondary N) is 2. The van der Waals surface area contributed by atoms with Crippen LogP contribution in [0.15, 0.2) is 4.99 Å². The maximum absolute atomic E-state index is 5.55. The van der Waals surface area contributed by atoms with Crippen LogP contribution in [0.3, 0.4) is 0 Å². The highest BCUT2D eigenvalue weighted by Crippen LogP contribution is 2.02. The van der Waals surface area contributed by atoms with Crippen molar-refractivity contribution in [1.82, 2.24) is 15.5 Å². The van der Waals surface area contributed by atoms with Gasteiger partial charge in [0.2, 0.25) is 0 Å². The molecule has 5 heteroatoms. The van der Waals surface area contributed by atoms with Crippen LogP contribution >= 0.6 is 0 Å². The predicted molar refractivity (Wildman–Crippen MR) is 101 cm³/mol. The van der Waals surface area contributed by atoms with E-state index in [4.69, 9.17) is 4.74 Å². The number of rotatable bonds is 15. The first-order valence-corrected chi connectivity index (χ1v) is 9.37. The molecule has 2 N–H and O–H groups in total. The zero-order chi connectivity index (χ0) is 17.2. The fourth-order valence-electron chi connectivity index (χ4n) is 2.24. The molecule has 0 aliphatic heterocycles. The number of guanidine groups is 1. The van der Waals surface area contributed by atoms with Crippen molar-refractivity contribution in [1.29, 1.82) is 0 Å². The molecular weight excluding hydrogens is 288 g/mol. The standard InChI is InChI=1S/C18H40N4O/c1-5-6-16-23-17-12-14-21-18(19-2)20-13-10-8-7-9-11-15-22(3)4/h5-17H2,1-4H3,(H2,19,20,21). The lowest BCUT2D eigenvalue weighted by molar-refractivity contribution is 0.129. The Morgan fingerprint density at radius 2 is 1.48 bits per heavy atom. The Morgan fingerprint density at radius 3 is 2.13 bits per heavy atom. The summed E-state index contributed by atoms with van der Waals surface area (Å²) < 4.78 is 5.55. The third-order valence-corrected chi connectivity index (χ3v) is 3.70. The second kappa shape index (κ2) is 17.5. The van der Waals surface area contributed by atoms with Gasteiger partial charge in [-0.2, -0.15) is 0 Å². The Labute approximate surface area is 144 Å². The SMILES string of the molecule is CCCCOCCCNC(=NC)NCCCCCCCN(C)C. The summed E-state index contributed by atoms with van der Waals surface area (Å²) in [5.74, 6) is 0.908. The highest BCUT2D eigenvalue weighted by atomic mass is 16.5. The molecule has 0 rings (SSSR count). The average molecular weight is 329 g/mol. The van der Waals surface area contributed by atoms with Crippen LogP contribution in [0.25, 0.3) is 0 Å². The van der Waals surface area contributed by atoms with Crippen LogP contribution in [0.4, 0.5) is 0 Å². The van der Waals surface area contributed by atoms with Crippen molar-refractivity contribution in [3.8, 4) is 0 Å². The van der Waals surface area contributed by atoms with Gasteiger partial charge in [-0.1, -0.05) is 32.6 Å². The second-order valence-electron chi connectivity index (χ2n) is 6.32. The molecule has 138 valence electrons. The molecule has 0 atom stereocenters. The molecule has 0 saturated heterocycles. The van der Waals surface area contributed by atoms with E-state index in [2.05, 4.69) is 41.5 Å². The van der Waals surface area contributed by atoms with Gasteiger partial charge in [0.1, 0.15) is 0 Å². The molecule has 0 aliphatic carbocycles. The molecule has 5 nitrogen and oxygen atoms in total. The Hall–Kier alpha value is -0.810. The van der Waals surface area contributed by atoms with E-state index in [0.29, 0.717) is 0 Å². The molecule has 0 spiro atoms. The van der Waals surface area contributed by atoms with Crippen molar-refractivity contribution >= 4 is 5.96 Å². The maximum Gasteiger partial charge on any atom is 0.190 e. The molecule has 23 heavy (non-hydrogen) atoms. The van der Waals surface area contributed by atoms with Crippen LogP contribution in [0.5, 0.6) is 0 Å². The molecule has 0 unspecified atom stereocenters. The normalized spacial score (nSPS) is 12.0. The Balaban J connectivity index is 3.35. The zero-order valence-electron chi connectivity index (χ0n) is 16.0. The molecule has 0 saturated carbocycles. The largest absolute Gasteiger partial charge is 0.381 e. The van der Waals surface area contributed by atoms with E-state index < -0.39 is 0 Å². The summed E-state index contributed by atoms with van der Waals surface area (Å²) in [6.45, 7) is 7.02. The molecular formula is C18H40N4O. The minimum absolute atomic E-state index is 0.830. The third-order valence-electron chi connectivity index (χ3n) is 3.70. The van der Waals surface area contributed by atoms with Gasteiger partial charge in [-0.05, 0) is 46.3 Å². The molecule has 0 bridgehead atoms. The van der Waals surface area contributed by atoms with Crippen molar-refractivity contribution in [2.24, 2.45) is 4.99 Å². The van der Waals surface area contributed by atoms with Crippen molar-refractivity contribution < 1.29 is 4.74 Å². The molecule has 0 radical (unpaired) electrons. The summed E-state index contributed by atoms with van der Waals surface area (Å²) in [5.41, 5.74) is 0. The Morgan fingerprint density at radius 1 is 0.870 bits per heavy atom. The number of hydrogen-bond acceptors (Lipinski definition) is 3. The van der Waals surface area contributed by atoms with E-state index in [-0.39, 0.29) is 0 Å². The van der Waals surface area contributed by atoms with Crippen molar-refractivity contribution in [3.05, 3.63) is 0 Å². The Kier molecular flexibility index (Phi) is 16.9. The number of aliphatic imine (C=N–C) groups is 1. The average Bonchev–Trinajstić information content (AvgIpc) is 2.54. The fraction of sp³-hybridized carbons (Fsp3) is 0.944. The van der Waals surface area contributed by atoms with Crippen LogP contribution < -0.4 is 10.6 Å². The quantitative estimate of drug-likeness (QED) is 0.276.